The predicted octanol–water partition coefficient (Wildman–Crippen LogP) is 3.72. The van der Waals surface area contributed by atoms with Crippen LogP contribution in [0.2, 0.25) is 0 Å². The minimum Gasteiger partial charge on any atom is -0.489 e. The van der Waals surface area contributed by atoms with Gasteiger partial charge in [-0.2, -0.15) is 0 Å². The topological polar surface area (TPSA) is 47.6 Å². The molecule has 0 unspecified atom stereocenters. The number of anilines is 1. The van der Waals surface area contributed by atoms with Crippen molar-refractivity contribution in [3.8, 4) is 5.75 Å². The number of rotatable bonds is 4. The molecule has 3 rings (SSSR count). The average molecular weight is 311 g/mol. The molecule has 0 saturated heterocycles. The van der Waals surface area contributed by atoms with E-state index < -0.39 is 0 Å². The smallest absolute Gasteiger partial charge is 0.337 e. The number of fused-ring (bicyclic) bond motifs is 1. The second-order valence-electron chi connectivity index (χ2n) is 5.79. The number of hydrogen-bond donors (Lipinski definition) is 1. The molecule has 1 aliphatic rings. The SMILES string of the molecule is COC(=O)c1ccc(OCc2cc(C)cc3c2CCCN3)cc1. The molecule has 0 radical (unpaired) electrons. The molecule has 4 nitrogen and oxygen atoms in total. The normalized spacial score (nSPS) is 13.0. The third-order valence-corrected chi connectivity index (χ3v) is 4.08. The van der Waals surface area contributed by atoms with Crippen molar-refractivity contribution < 1.29 is 14.3 Å². The Bertz CT molecular complexity index is 707. The van der Waals surface area contributed by atoms with Gasteiger partial charge in [-0.25, -0.2) is 4.79 Å². The Kier molecular flexibility index (Phi) is 4.51. The fourth-order valence-electron chi connectivity index (χ4n) is 2.93. The Morgan fingerprint density at radius 3 is 2.74 bits per heavy atom. The van der Waals surface area contributed by atoms with Gasteiger partial charge in [0.15, 0.2) is 0 Å². The summed E-state index contributed by atoms with van der Waals surface area (Å²) in [6.07, 6.45) is 2.24. The van der Waals surface area contributed by atoms with Crippen LogP contribution in [0.1, 0.15) is 33.5 Å². The van der Waals surface area contributed by atoms with Crippen LogP contribution in [0.3, 0.4) is 0 Å². The summed E-state index contributed by atoms with van der Waals surface area (Å²) in [5.74, 6) is 0.409. The molecule has 0 saturated carbocycles. The molecule has 0 fully saturated rings. The van der Waals surface area contributed by atoms with Crippen molar-refractivity contribution in [1.82, 2.24) is 0 Å². The molecule has 0 spiro atoms. The van der Waals surface area contributed by atoms with Gasteiger partial charge in [0.25, 0.3) is 0 Å². The van der Waals surface area contributed by atoms with Crippen molar-refractivity contribution >= 4 is 11.7 Å². The number of carbonyl (C=O) groups excluding carboxylic acids is 1. The van der Waals surface area contributed by atoms with Crippen LogP contribution in [0.15, 0.2) is 36.4 Å². The standard InChI is InChI=1S/C19H21NO3/c1-13-10-15(17-4-3-9-20-18(17)11-13)12-23-16-7-5-14(6-8-16)19(21)22-2/h5-8,10-11,20H,3-4,9,12H2,1-2H3. The number of aryl methyl sites for hydroxylation is 1. The van der Waals surface area contributed by atoms with Gasteiger partial charge < -0.3 is 14.8 Å². The van der Waals surface area contributed by atoms with Crippen LogP contribution in [-0.4, -0.2) is 19.6 Å². The highest BCUT2D eigenvalue weighted by molar-refractivity contribution is 5.89. The van der Waals surface area contributed by atoms with E-state index in [4.69, 9.17) is 9.47 Å². The lowest BCUT2D eigenvalue weighted by Gasteiger charge is -2.22. The first kappa shape index (κ1) is 15.4. The third kappa shape index (κ3) is 3.47. The molecular formula is C19H21NO3. The van der Waals surface area contributed by atoms with Crippen LogP contribution in [0.4, 0.5) is 5.69 Å². The van der Waals surface area contributed by atoms with Crippen molar-refractivity contribution in [3.63, 3.8) is 0 Å². The largest absolute Gasteiger partial charge is 0.489 e. The maximum Gasteiger partial charge on any atom is 0.337 e. The van der Waals surface area contributed by atoms with Gasteiger partial charge in [-0.3, -0.25) is 0 Å². The first-order chi connectivity index (χ1) is 11.2. The lowest BCUT2D eigenvalue weighted by atomic mass is 9.96. The van der Waals surface area contributed by atoms with Crippen molar-refractivity contribution in [2.24, 2.45) is 0 Å². The maximum absolute atomic E-state index is 11.4. The summed E-state index contributed by atoms with van der Waals surface area (Å²) in [6.45, 7) is 3.67. The maximum atomic E-state index is 11.4. The molecule has 23 heavy (non-hydrogen) atoms. The van der Waals surface area contributed by atoms with Gasteiger partial charge in [-0.05, 0) is 66.8 Å². The Hall–Kier alpha value is -2.49. The number of nitrogens with one attached hydrogen (secondary N) is 1. The molecule has 1 N–H and O–H groups in total. The van der Waals surface area contributed by atoms with E-state index in [9.17, 15) is 4.79 Å². The monoisotopic (exact) mass is 311 g/mol. The van der Waals surface area contributed by atoms with Gasteiger partial charge in [0.2, 0.25) is 0 Å². The van der Waals surface area contributed by atoms with Gasteiger partial charge >= 0.3 is 5.97 Å². The number of hydrogen-bond acceptors (Lipinski definition) is 4. The van der Waals surface area contributed by atoms with Gasteiger partial charge in [-0.1, -0.05) is 6.07 Å². The van der Waals surface area contributed by atoms with E-state index in [2.05, 4.69) is 24.4 Å². The van der Waals surface area contributed by atoms with E-state index in [1.54, 1.807) is 24.3 Å². The first-order valence-electron chi connectivity index (χ1n) is 7.85. The molecule has 0 amide bonds. The minimum absolute atomic E-state index is 0.338. The van der Waals surface area contributed by atoms with Crippen LogP contribution in [0, 0.1) is 6.92 Å². The molecular weight excluding hydrogens is 290 g/mol. The Morgan fingerprint density at radius 1 is 1.22 bits per heavy atom. The van der Waals surface area contributed by atoms with Crippen LogP contribution in [0.5, 0.6) is 5.75 Å². The molecule has 1 heterocycles. The number of ether oxygens (including phenoxy) is 2. The first-order valence-corrected chi connectivity index (χ1v) is 7.85. The number of methoxy groups -OCH3 is 1. The van der Waals surface area contributed by atoms with Crippen LogP contribution in [0.25, 0.3) is 0 Å². The second kappa shape index (κ2) is 6.73. The highest BCUT2D eigenvalue weighted by atomic mass is 16.5. The van der Waals surface area contributed by atoms with Crippen LogP contribution < -0.4 is 10.1 Å². The van der Waals surface area contributed by atoms with E-state index in [1.165, 1.54) is 29.5 Å². The molecule has 0 bridgehead atoms. The summed E-state index contributed by atoms with van der Waals surface area (Å²) in [4.78, 5) is 11.4. The molecule has 0 atom stereocenters. The number of esters is 1. The summed E-state index contributed by atoms with van der Waals surface area (Å²) in [6, 6.07) is 11.4. The van der Waals surface area contributed by atoms with Crippen molar-refractivity contribution in [2.75, 3.05) is 19.0 Å². The summed E-state index contributed by atoms with van der Waals surface area (Å²) >= 11 is 0. The van der Waals surface area contributed by atoms with E-state index in [0.717, 1.165) is 25.1 Å². The number of carbonyl (C=O) groups is 1. The molecule has 0 aliphatic carbocycles. The summed E-state index contributed by atoms with van der Waals surface area (Å²) in [7, 11) is 1.38. The predicted molar refractivity (Wildman–Crippen MR) is 90.1 cm³/mol. The fraction of sp³-hybridized carbons (Fsp3) is 0.316. The zero-order valence-electron chi connectivity index (χ0n) is 13.5. The zero-order chi connectivity index (χ0) is 16.2. The van der Waals surface area contributed by atoms with Gasteiger partial charge in [0.1, 0.15) is 12.4 Å². The summed E-state index contributed by atoms with van der Waals surface area (Å²) < 4.78 is 10.6. The molecule has 0 aromatic heterocycles. The zero-order valence-corrected chi connectivity index (χ0v) is 13.5. The van der Waals surface area contributed by atoms with E-state index in [0.29, 0.717) is 12.2 Å². The van der Waals surface area contributed by atoms with Gasteiger partial charge in [-0.15, -0.1) is 0 Å². The quantitative estimate of drug-likeness (QED) is 0.874. The van der Waals surface area contributed by atoms with Gasteiger partial charge in [0.05, 0.1) is 12.7 Å². The molecule has 2 aromatic carbocycles. The van der Waals surface area contributed by atoms with E-state index in [-0.39, 0.29) is 5.97 Å². The Labute approximate surface area is 136 Å². The molecule has 2 aromatic rings. The Balaban J connectivity index is 1.73. The summed E-state index contributed by atoms with van der Waals surface area (Å²) in [5.41, 5.74) is 5.57. The average Bonchev–Trinajstić information content (AvgIpc) is 2.59. The van der Waals surface area contributed by atoms with Crippen LogP contribution >= 0.6 is 0 Å². The minimum atomic E-state index is -0.338. The lowest BCUT2D eigenvalue weighted by Crippen LogP contribution is -2.14. The molecule has 1 aliphatic heterocycles. The van der Waals surface area contributed by atoms with Crippen molar-refractivity contribution in [2.45, 2.75) is 26.4 Å². The lowest BCUT2D eigenvalue weighted by molar-refractivity contribution is 0.0600. The highest BCUT2D eigenvalue weighted by Crippen LogP contribution is 2.28. The van der Waals surface area contributed by atoms with E-state index >= 15 is 0 Å². The van der Waals surface area contributed by atoms with E-state index in [1.807, 2.05) is 0 Å². The third-order valence-electron chi connectivity index (χ3n) is 4.08. The van der Waals surface area contributed by atoms with Gasteiger partial charge in [0, 0.05) is 12.2 Å². The highest BCUT2D eigenvalue weighted by Gasteiger charge is 2.14. The van der Waals surface area contributed by atoms with Crippen LogP contribution in [-0.2, 0) is 17.8 Å². The Morgan fingerprint density at radius 2 is 2.00 bits per heavy atom. The fourth-order valence-corrected chi connectivity index (χ4v) is 2.93. The molecule has 4 heteroatoms. The molecule has 120 valence electrons. The van der Waals surface area contributed by atoms with Crippen molar-refractivity contribution in [3.05, 3.63) is 58.7 Å². The number of benzene rings is 2. The second-order valence-corrected chi connectivity index (χ2v) is 5.79. The summed E-state index contributed by atoms with van der Waals surface area (Å²) in [5, 5.41) is 3.46. The van der Waals surface area contributed by atoms with Crippen molar-refractivity contribution in [1.29, 1.82) is 0 Å².